The maximum absolute atomic E-state index is 12.8. The first kappa shape index (κ1) is 16.5. The highest BCUT2D eigenvalue weighted by Crippen LogP contribution is 2.25. The van der Waals surface area contributed by atoms with Gasteiger partial charge in [0.05, 0.1) is 28.8 Å². The van der Waals surface area contributed by atoms with E-state index < -0.39 is 10.0 Å². The lowest BCUT2D eigenvalue weighted by molar-refractivity contribution is -0.0463. The molecular formula is C16H18ClNO4S. The fourth-order valence-electron chi connectivity index (χ4n) is 2.53. The van der Waals surface area contributed by atoms with E-state index in [1.165, 1.54) is 10.2 Å². The van der Waals surface area contributed by atoms with E-state index in [2.05, 4.69) is 0 Å². The lowest BCUT2D eigenvalue weighted by Crippen LogP contribution is -2.17. The number of nitrogens with zero attached hydrogens (tertiary/aromatic N) is 1. The van der Waals surface area contributed by atoms with Gasteiger partial charge in [-0.3, -0.25) is 0 Å². The molecule has 1 aliphatic rings. The van der Waals surface area contributed by atoms with Crippen LogP contribution in [0.15, 0.2) is 41.4 Å². The molecule has 2 heterocycles. The van der Waals surface area contributed by atoms with E-state index in [1.54, 1.807) is 30.3 Å². The number of aromatic nitrogens is 1. The average Bonchev–Trinajstić information content (AvgIpc) is 3.15. The van der Waals surface area contributed by atoms with Crippen LogP contribution < -0.4 is 0 Å². The molecule has 2 aromatic rings. The van der Waals surface area contributed by atoms with Gasteiger partial charge in [-0.1, -0.05) is 29.3 Å². The van der Waals surface area contributed by atoms with Crippen molar-refractivity contribution < 1.29 is 17.9 Å². The van der Waals surface area contributed by atoms with Crippen LogP contribution in [0.1, 0.15) is 17.7 Å². The average molecular weight is 356 g/mol. The third-order valence-corrected chi connectivity index (χ3v) is 5.86. The molecule has 0 bridgehead atoms. The molecule has 0 aliphatic carbocycles. The summed E-state index contributed by atoms with van der Waals surface area (Å²) in [6, 6.07) is 8.35. The molecule has 0 radical (unpaired) electrons. The smallest absolute Gasteiger partial charge is 0.267 e. The van der Waals surface area contributed by atoms with Gasteiger partial charge in [0, 0.05) is 12.6 Å². The number of hydrogen-bond acceptors (Lipinski definition) is 4. The highest BCUT2D eigenvalue weighted by Gasteiger charge is 2.23. The number of ether oxygens (including phenoxy) is 2. The van der Waals surface area contributed by atoms with Crippen molar-refractivity contribution in [2.24, 2.45) is 0 Å². The van der Waals surface area contributed by atoms with Crippen molar-refractivity contribution in [2.75, 3.05) is 13.2 Å². The maximum Gasteiger partial charge on any atom is 0.267 e. The molecule has 0 amide bonds. The number of halogens is 1. The van der Waals surface area contributed by atoms with Crippen molar-refractivity contribution in [3.05, 3.63) is 52.8 Å². The largest absolute Gasteiger partial charge is 0.350 e. The highest BCUT2D eigenvalue weighted by atomic mass is 35.5. The fraction of sp³-hybridized carbons (Fsp3) is 0.375. The van der Waals surface area contributed by atoms with Crippen LogP contribution in [0.4, 0.5) is 0 Å². The van der Waals surface area contributed by atoms with Gasteiger partial charge >= 0.3 is 0 Å². The SMILES string of the molecule is Cc1ccc(S(=O)(=O)n2ccc(Cl)c2CCC2OCCO2)cc1. The van der Waals surface area contributed by atoms with E-state index in [4.69, 9.17) is 21.1 Å². The topological polar surface area (TPSA) is 57.5 Å². The molecule has 23 heavy (non-hydrogen) atoms. The minimum Gasteiger partial charge on any atom is -0.350 e. The van der Waals surface area contributed by atoms with Crippen LogP contribution >= 0.6 is 11.6 Å². The summed E-state index contributed by atoms with van der Waals surface area (Å²) in [6.07, 6.45) is 2.22. The first-order valence-electron chi connectivity index (χ1n) is 7.39. The molecule has 0 spiro atoms. The van der Waals surface area contributed by atoms with Crippen LogP contribution in [0.2, 0.25) is 5.02 Å². The summed E-state index contributed by atoms with van der Waals surface area (Å²) in [5.41, 5.74) is 1.55. The molecular weight excluding hydrogens is 338 g/mol. The van der Waals surface area contributed by atoms with E-state index in [-0.39, 0.29) is 11.2 Å². The molecule has 0 atom stereocenters. The summed E-state index contributed by atoms with van der Waals surface area (Å²) in [5, 5.41) is 0.429. The van der Waals surface area contributed by atoms with E-state index >= 15 is 0 Å². The van der Waals surface area contributed by atoms with Gasteiger partial charge in [0.15, 0.2) is 6.29 Å². The Morgan fingerprint density at radius 2 is 1.83 bits per heavy atom. The van der Waals surface area contributed by atoms with Gasteiger partial charge in [0.25, 0.3) is 10.0 Å². The number of hydrogen-bond donors (Lipinski definition) is 0. The molecule has 3 rings (SSSR count). The predicted octanol–water partition coefficient (Wildman–Crippen LogP) is 2.99. The molecule has 1 aromatic heterocycles. The minimum absolute atomic E-state index is 0.241. The second kappa shape index (κ2) is 6.65. The Bertz CT molecular complexity index is 777. The minimum atomic E-state index is -3.66. The Labute approximate surface area is 140 Å². The predicted molar refractivity (Wildman–Crippen MR) is 87.2 cm³/mol. The van der Waals surface area contributed by atoms with Crippen molar-refractivity contribution >= 4 is 21.6 Å². The Morgan fingerprint density at radius 3 is 2.48 bits per heavy atom. The number of aryl methyl sites for hydroxylation is 1. The Hall–Kier alpha value is -1.34. The van der Waals surface area contributed by atoms with Crippen LogP contribution in [-0.2, 0) is 25.9 Å². The summed E-state index contributed by atoms with van der Waals surface area (Å²) >= 11 is 6.18. The lowest BCUT2D eigenvalue weighted by Gasteiger charge is -2.13. The molecule has 124 valence electrons. The van der Waals surface area contributed by atoms with E-state index in [9.17, 15) is 8.42 Å². The van der Waals surface area contributed by atoms with Crippen molar-refractivity contribution in [2.45, 2.75) is 31.0 Å². The van der Waals surface area contributed by atoms with Gasteiger partial charge in [-0.25, -0.2) is 12.4 Å². The van der Waals surface area contributed by atoms with Crippen molar-refractivity contribution in [3.8, 4) is 0 Å². The first-order valence-corrected chi connectivity index (χ1v) is 9.21. The van der Waals surface area contributed by atoms with Crippen molar-refractivity contribution in [1.82, 2.24) is 3.97 Å². The molecule has 0 unspecified atom stereocenters. The highest BCUT2D eigenvalue weighted by molar-refractivity contribution is 7.90. The van der Waals surface area contributed by atoms with Gasteiger partial charge in [-0.2, -0.15) is 0 Å². The Morgan fingerprint density at radius 1 is 1.17 bits per heavy atom. The number of benzene rings is 1. The molecule has 0 saturated carbocycles. The van der Waals surface area contributed by atoms with Gasteiger partial charge < -0.3 is 9.47 Å². The summed E-state index contributed by atoms with van der Waals surface area (Å²) in [4.78, 5) is 0.241. The molecule has 1 aliphatic heterocycles. The zero-order valence-electron chi connectivity index (χ0n) is 12.7. The van der Waals surface area contributed by atoms with E-state index in [1.807, 2.05) is 6.92 Å². The van der Waals surface area contributed by atoms with Crippen LogP contribution in [0.3, 0.4) is 0 Å². The lowest BCUT2D eigenvalue weighted by atomic mass is 10.2. The zero-order valence-corrected chi connectivity index (χ0v) is 14.3. The fourth-order valence-corrected chi connectivity index (χ4v) is 4.23. The first-order chi connectivity index (χ1) is 11.0. The maximum atomic E-state index is 12.8. The standard InChI is InChI=1S/C16H18ClNO4S/c1-12-2-4-13(5-3-12)23(19,20)18-9-8-14(17)15(18)6-7-16-21-10-11-22-16/h2-5,8-9,16H,6-7,10-11H2,1H3. The van der Waals surface area contributed by atoms with Crippen molar-refractivity contribution in [3.63, 3.8) is 0 Å². The molecule has 1 saturated heterocycles. The zero-order chi connectivity index (χ0) is 16.4. The van der Waals surface area contributed by atoms with Crippen LogP contribution in [0, 0.1) is 6.92 Å². The van der Waals surface area contributed by atoms with Crippen LogP contribution in [-0.4, -0.2) is 31.9 Å². The Kier molecular flexibility index (Phi) is 4.77. The third kappa shape index (κ3) is 3.45. The molecule has 0 N–H and O–H groups in total. The molecule has 5 nitrogen and oxygen atoms in total. The van der Waals surface area contributed by atoms with Crippen LogP contribution in [0.25, 0.3) is 0 Å². The van der Waals surface area contributed by atoms with Crippen LogP contribution in [0.5, 0.6) is 0 Å². The molecule has 1 aromatic carbocycles. The van der Waals surface area contributed by atoms with Gasteiger partial charge in [-0.15, -0.1) is 0 Å². The van der Waals surface area contributed by atoms with Gasteiger partial charge in [0.1, 0.15) is 0 Å². The quantitative estimate of drug-likeness (QED) is 0.827. The molecule has 1 fully saturated rings. The third-order valence-electron chi connectivity index (χ3n) is 3.78. The second-order valence-corrected chi connectivity index (χ2v) is 7.66. The van der Waals surface area contributed by atoms with E-state index in [0.717, 1.165) is 5.56 Å². The van der Waals surface area contributed by atoms with Gasteiger partial charge in [0.2, 0.25) is 0 Å². The molecule has 7 heteroatoms. The number of rotatable bonds is 5. The Balaban J connectivity index is 1.88. The summed E-state index contributed by atoms with van der Waals surface area (Å²) in [6.45, 7) is 3.05. The summed E-state index contributed by atoms with van der Waals surface area (Å²) < 4.78 is 37.7. The normalized spacial score (nSPS) is 16.1. The summed E-state index contributed by atoms with van der Waals surface area (Å²) in [7, 11) is -3.66. The second-order valence-electron chi connectivity index (χ2n) is 5.43. The monoisotopic (exact) mass is 355 g/mol. The van der Waals surface area contributed by atoms with E-state index in [0.29, 0.717) is 36.8 Å². The van der Waals surface area contributed by atoms with Crippen molar-refractivity contribution in [1.29, 1.82) is 0 Å². The summed E-state index contributed by atoms with van der Waals surface area (Å²) in [5.74, 6) is 0. The van der Waals surface area contributed by atoms with Gasteiger partial charge in [-0.05, 0) is 31.5 Å².